The fraction of sp³-hybridized carbons (Fsp3) is 0.455. The van der Waals surface area contributed by atoms with Crippen molar-refractivity contribution in [3.05, 3.63) is 29.3 Å². The largest absolute Gasteiger partial charge is 0.381 e. The van der Waals surface area contributed by atoms with Crippen LogP contribution >= 0.6 is 23.4 Å². The molecule has 1 saturated heterocycles. The van der Waals surface area contributed by atoms with E-state index in [0.717, 1.165) is 10.7 Å². The molecular weight excluding hydrogens is 214 g/mol. The minimum atomic E-state index is 0.608. The van der Waals surface area contributed by atoms with Gasteiger partial charge in [0.1, 0.15) is 0 Å². The molecule has 1 aliphatic rings. The SMILES string of the molecule is Clc1ccccc1NC1CCSCC1. The van der Waals surface area contributed by atoms with Crippen molar-refractivity contribution in [2.75, 3.05) is 16.8 Å². The summed E-state index contributed by atoms with van der Waals surface area (Å²) in [6.07, 6.45) is 2.49. The van der Waals surface area contributed by atoms with E-state index in [1.807, 2.05) is 36.0 Å². The molecule has 0 saturated carbocycles. The third-order valence-electron chi connectivity index (χ3n) is 2.45. The zero-order chi connectivity index (χ0) is 9.80. The van der Waals surface area contributed by atoms with Gasteiger partial charge in [-0.3, -0.25) is 0 Å². The molecule has 0 unspecified atom stereocenters. The first-order valence-electron chi connectivity index (χ1n) is 4.95. The normalized spacial score (nSPS) is 18.1. The first-order chi connectivity index (χ1) is 6.86. The van der Waals surface area contributed by atoms with Crippen molar-refractivity contribution in [2.45, 2.75) is 18.9 Å². The molecule has 2 rings (SSSR count). The summed E-state index contributed by atoms with van der Waals surface area (Å²) in [5.41, 5.74) is 1.08. The maximum absolute atomic E-state index is 6.08. The molecule has 0 bridgehead atoms. The van der Waals surface area contributed by atoms with E-state index in [0.29, 0.717) is 6.04 Å². The van der Waals surface area contributed by atoms with Gasteiger partial charge in [0.25, 0.3) is 0 Å². The van der Waals surface area contributed by atoms with Gasteiger partial charge < -0.3 is 5.32 Å². The molecule has 1 fully saturated rings. The summed E-state index contributed by atoms with van der Waals surface area (Å²) in [6.45, 7) is 0. The quantitative estimate of drug-likeness (QED) is 0.828. The van der Waals surface area contributed by atoms with Crippen molar-refractivity contribution in [1.29, 1.82) is 0 Å². The van der Waals surface area contributed by atoms with E-state index in [-0.39, 0.29) is 0 Å². The number of nitrogens with one attached hydrogen (secondary N) is 1. The van der Waals surface area contributed by atoms with Crippen LogP contribution in [0.3, 0.4) is 0 Å². The Balaban J connectivity index is 1.99. The highest BCUT2D eigenvalue weighted by Crippen LogP contribution is 2.25. The summed E-state index contributed by atoms with van der Waals surface area (Å²) in [7, 11) is 0. The number of halogens is 1. The molecule has 14 heavy (non-hydrogen) atoms. The lowest BCUT2D eigenvalue weighted by Gasteiger charge is -2.24. The van der Waals surface area contributed by atoms with Gasteiger partial charge in [-0.15, -0.1) is 0 Å². The summed E-state index contributed by atoms with van der Waals surface area (Å²) in [6, 6.07) is 8.57. The van der Waals surface area contributed by atoms with Crippen LogP contribution in [-0.2, 0) is 0 Å². The average molecular weight is 228 g/mol. The van der Waals surface area contributed by atoms with Crippen molar-refractivity contribution < 1.29 is 0 Å². The highest BCUT2D eigenvalue weighted by atomic mass is 35.5. The van der Waals surface area contributed by atoms with Gasteiger partial charge in [0.2, 0.25) is 0 Å². The van der Waals surface area contributed by atoms with E-state index >= 15 is 0 Å². The molecule has 1 aromatic rings. The fourth-order valence-corrected chi connectivity index (χ4v) is 2.94. The van der Waals surface area contributed by atoms with Crippen LogP contribution in [0, 0.1) is 0 Å². The molecule has 0 aromatic heterocycles. The number of benzene rings is 1. The maximum atomic E-state index is 6.08. The second-order valence-corrected chi connectivity index (χ2v) is 5.14. The molecule has 1 aromatic carbocycles. The lowest BCUT2D eigenvalue weighted by molar-refractivity contribution is 0.667. The maximum Gasteiger partial charge on any atom is 0.0637 e. The van der Waals surface area contributed by atoms with Crippen LogP contribution in [-0.4, -0.2) is 17.5 Å². The van der Waals surface area contributed by atoms with Crippen molar-refractivity contribution in [3.63, 3.8) is 0 Å². The van der Waals surface area contributed by atoms with E-state index in [1.165, 1.54) is 24.3 Å². The standard InChI is InChI=1S/C11H14ClNS/c12-10-3-1-2-4-11(10)13-9-5-7-14-8-6-9/h1-4,9,13H,5-8H2. The Hall–Kier alpha value is -0.340. The molecule has 0 spiro atoms. The summed E-state index contributed by atoms with van der Waals surface area (Å²) in [5, 5.41) is 4.33. The van der Waals surface area contributed by atoms with Gasteiger partial charge >= 0.3 is 0 Å². The predicted octanol–water partition coefficient (Wildman–Crippen LogP) is 3.65. The Morgan fingerprint density at radius 2 is 1.93 bits per heavy atom. The third kappa shape index (κ3) is 2.58. The molecule has 0 radical (unpaired) electrons. The number of hydrogen-bond acceptors (Lipinski definition) is 2. The second kappa shape index (κ2) is 4.94. The van der Waals surface area contributed by atoms with Crippen LogP contribution in [0.15, 0.2) is 24.3 Å². The monoisotopic (exact) mass is 227 g/mol. The lowest BCUT2D eigenvalue weighted by Crippen LogP contribution is -2.24. The number of para-hydroxylation sites is 1. The van der Waals surface area contributed by atoms with Gasteiger partial charge in [0.15, 0.2) is 0 Å². The molecule has 0 aliphatic carbocycles. The van der Waals surface area contributed by atoms with Crippen LogP contribution in [0.5, 0.6) is 0 Å². The first-order valence-corrected chi connectivity index (χ1v) is 6.48. The number of anilines is 1. The average Bonchev–Trinajstić information content (AvgIpc) is 2.23. The Kier molecular flexibility index (Phi) is 3.60. The molecule has 1 aliphatic heterocycles. The van der Waals surface area contributed by atoms with Gasteiger partial charge in [0, 0.05) is 6.04 Å². The number of hydrogen-bond donors (Lipinski definition) is 1. The molecule has 1 heterocycles. The Morgan fingerprint density at radius 1 is 1.21 bits per heavy atom. The van der Waals surface area contributed by atoms with Crippen LogP contribution in [0.2, 0.25) is 5.02 Å². The predicted molar refractivity (Wildman–Crippen MR) is 65.4 cm³/mol. The van der Waals surface area contributed by atoms with Crippen molar-refractivity contribution in [1.82, 2.24) is 0 Å². The van der Waals surface area contributed by atoms with Gasteiger partial charge in [-0.2, -0.15) is 11.8 Å². The van der Waals surface area contributed by atoms with E-state index in [9.17, 15) is 0 Å². The van der Waals surface area contributed by atoms with E-state index in [2.05, 4.69) is 5.32 Å². The Bertz CT molecular complexity index is 297. The Morgan fingerprint density at radius 3 is 2.64 bits per heavy atom. The van der Waals surface area contributed by atoms with Crippen LogP contribution in [0.4, 0.5) is 5.69 Å². The minimum absolute atomic E-state index is 0.608. The lowest BCUT2D eigenvalue weighted by atomic mass is 10.1. The summed E-state index contributed by atoms with van der Waals surface area (Å²) in [5.74, 6) is 2.53. The third-order valence-corrected chi connectivity index (χ3v) is 3.83. The molecule has 0 amide bonds. The summed E-state index contributed by atoms with van der Waals surface area (Å²) < 4.78 is 0. The van der Waals surface area contributed by atoms with E-state index < -0.39 is 0 Å². The van der Waals surface area contributed by atoms with Crippen molar-refractivity contribution in [3.8, 4) is 0 Å². The van der Waals surface area contributed by atoms with Crippen molar-refractivity contribution >= 4 is 29.1 Å². The summed E-state index contributed by atoms with van der Waals surface area (Å²) >= 11 is 8.12. The van der Waals surface area contributed by atoms with Crippen LogP contribution in [0.25, 0.3) is 0 Å². The van der Waals surface area contributed by atoms with Gasteiger partial charge in [0.05, 0.1) is 10.7 Å². The molecule has 0 atom stereocenters. The smallest absolute Gasteiger partial charge is 0.0637 e. The highest BCUT2D eigenvalue weighted by molar-refractivity contribution is 7.99. The molecular formula is C11H14ClNS. The molecule has 1 N–H and O–H groups in total. The Labute approximate surface area is 94.2 Å². The molecule has 3 heteroatoms. The first kappa shape index (κ1) is 10.2. The van der Waals surface area contributed by atoms with Gasteiger partial charge in [-0.25, -0.2) is 0 Å². The van der Waals surface area contributed by atoms with Crippen LogP contribution < -0.4 is 5.32 Å². The van der Waals surface area contributed by atoms with Gasteiger partial charge in [-0.05, 0) is 36.5 Å². The zero-order valence-corrected chi connectivity index (χ0v) is 9.57. The topological polar surface area (TPSA) is 12.0 Å². The second-order valence-electron chi connectivity index (χ2n) is 3.51. The zero-order valence-electron chi connectivity index (χ0n) is 8.00. The van der Waals surface area contributed by atoms with Crippen LogP contribution in [0.1, 0.15) is 12.8 Å². The van der Waals surface area contributed by atoms with Crippen molar-refractivity contribution in [2.24, 2.45) is 0 Å². The van der Waals surface area contributed by atoms with E-state index in [4.69, 9.17) is 11.6 Å². The molecule has 1 nitrogen and oxygen atoms in total. The highest BCUT2D eigenvalue weighted by Gasteiger charge is 2.13. The van der Waals surface area contributed by atoms with Gasteiger partial charge in [-0.1, -0.05) is 23.7 Å². The number of thioether (sulfide) groups is 1. The minimum Gasteiger partial charge on any atom is -0.381 e. The summed E-state index contributed by atoms with van der Waals surface area (Å²) in [4.78, 5) is 0. The van der Waals surface area contributed by atoms with E-state index in [1.54, 1.807) is 0 Å². The fourth-order valence-electron chi connectivity index (χ4n) is 1.64. The number of rotatable bonds is 2. The molecule has 76 valence electrons.